The first-order valence-corrected chi connectivity index (χ1v) is 8.52. The second-order valence-corrected chi connectivity index (χ2v) is 6.12. The summed E-state index contributed by atoms with van der Waals surface area (Å²) in [5, 5.41) is 2.82. The van der Waals surface area contributed by atoms with E-state index in [0.717, 1.165) is 4.57 Å². The number of nitrogens with zero attached hydrogens (tertiary/aromatic N) is 4. The van der Waals surface area contributed by atoms with Crippen molar-refractivity contribution in [2.75, 3.05) is 11.9 Å². The Kier molecular flexibility index (Phi) is 4.85. The van der Waals surface area contributed by atoms with Crippen LogP contribution < -0.4 is 21.3 Å². The molecule has 142 valence electrons. The second kappa shape index (κ2) is 7.10. The van der Waals surface area contributed by atoms with E-state index < -0.39 is 17.3 Å². The van der Waals surface area contributed by atoms with Gasteiger partial charge in [0.15, 0.2) is 11.2 Å². The fraction of sp³-hybridized carbons (Fsp3) is 0.333. The zero-order valence-corrected chi connectivity index (χ0v) is 15.6. The lowest BCUT2D eigenvalue weighted by atomic mass is 10.2. The van der Waals surface area contributed by atoms with Crippen LogP contribution in [0.5, 0.6) is 5.75 Å². The van der Waals surface area contributed by atoms with E-state index in [2.05, 4.69) is 10.3 Å². The first-order valence-electron chi connectivity index (χ1n) is 8.52. The first kappa shape index (κ1) is 18.4. The highest BCUT2D eigenvalue weighted by Gasteiger charge is 2.22. The highest BCUT2D eigenvalue weighted by Crippen LogP contribution is 2.25. The number of hydrogen-bond acceptors (Lipinski definition) is 5. The van der Waals surface area contributed by atoms with Crippen molar-refractivity contribution in [3.8, 4) is 5.75 Å². The Morgan fingerprint density at radius 2 is 1.93 bits per heavy atom. The molecule has 0 saturated heterocycles. The molecule has 3 aromatic rings. The van der Waals surface area contributed by atoms with Gasteiger partial charge in [-0.3, -0.25) is 18.7 Å². The summed E-state index contributed by atoms with van der Waals surface area (Å²) in [6.45, 7) is 3.99. The van der Waals surface area contributed by atoms with Gasteiger partial charge < -0.3 is 14.6 Å². The molecule has 0 saturated carbocycles. The fourth-order valence-electron chi connectivity index (χ4n) is 2.87. The summed E-state index contributed by atoms with van der Waals surface area (Å²) in [7, 11) is 2.93. The normalized spacial score (nSPS) is 12.1. The van der Waals surface area contributed by atoms with Crippen molar-refractivity contribution < 1.29 is 9.53 Å². The Bertz CT molecular complexity index is 1120. The molecule has 0 spiro atoms. The number of hydrogen-bond donors (Lipinski definition) is 1. The van der Waals surface area contributed by atoms with Crippen LogP contribution in [0.25, 0.3) is 11.2 Å². The molecule has 3 rings (SSSR count). The summed E-state index contributed by atoms with van der Waals surface area (Å²) in [6.07, 6.45) is 1.39. The molecule has 1 amide bonds. The van der Waals surface area contributed by atoms with Crippen molar-refractivity contribution in [2.45, 2.75) is 19.9 Å². The molecule has 0 aliphatic rings. The highest BCUT2D eigenvalue weighted by atomic mass is 16.5. The van der Waals surface area contributed by atoms with E-state index in [-0.39, 0.29) is 17.1 Å². The molecule has 9 heteroatoms. The number of fused-ring (bicyclic) bond motifs is 1. The number of carbonyl (C=O) groups is 1. The van der Waals surface area contributed by atoms with Gasteiger partial charge in [0, 0.05) is 14.1 Å². The molecule has 0 unspecified atom stereocenters. The third kappa shape index (κ3) is 3.12. The summed E-state index contributed by atoms with van der Waals surface area (Å²) in [5.74, 6) is 0.228. The number of imidazole rings is 1. The fourth-order valence-corrected chi connectivity index (χ4v) is 2.87. The van der Waals surface area contributed by atoms with Crippen molar-refractivity contribution in [2.24, 2.45) is 14.1 Å². The smallest absolute Gasteiger partial charge is 0.332 e. The number of nitrogens with one attached hydrogen (secondary N) is 1. The third-order valence-electron chi connectivity index (χ3n) is 4.41. The maximum atomic E-state index is 12.8. The first-order chi connectivity index (χ1) is 12.9. The van der Waals surface area contributed by atoms with Gasteiger partial charge in [0.1, 0.15) is 11.8 Å². The predicted molar refractivity (Wildman–Crippen MR) is 101 cm³/mol. The Hall–Kier alpha value is -3.36. The minimum Gasteiger partial charge on any atom is -0.492 e. The number of amides is 1. The van der Waals surface area contributed by atoms with Gasteiger partial charge in [0.25, 0.3) is 5.56 Å². The SMILES string of the molecule is CCOc1ccccc1NC(=O)[C@@H](C)n1cnc2c1c(=O)n(C)c(=O)n2C. The van der Waals surface area contributed by atoms with Gasteiger partial charge in [0.2, 0.25) is 5.91 Å². The van der Waals surface area contributed by atoms with Crippen molar-refractivity contribution in [3.63, 3.8) is 0 Å². The number of para-hydroxylation sites is 2. The van der Waals surface area contributed by atoms with Gasteiger partial charge in [-0.2, -0.15) is 0 Å². The van der Waals surface area contributed by atoms with Crippen LogP contribution in [0.4, 0.5) is 5.69 Å². The highest BCUT2D eigenvalue weighted by molar-refractivity contribution is 5.95. The lowest BCUT2D eigenvalue weighted by Crippen LogP contribution is -2.38. The Labute approximate surface area is 154 Å². The van der Waals surface area contributed by atoms with Crippen LogP contribution in [0.3, 0.4) is 0 Å². The summed E-state index contributed by atoms with van der Waals surface area (Å²) in [4.78, 5) is 41.5. The number of anilines is 1. The minimum atomic E-state index is -0.727. The van der Waals surface area contributed by atoms with Crippen molar-refractivity contribution in [1.29, 1.82) is 0 Å². The maximum Gasteiger partial charge on any atom is 0.332 e. The molecule has 2 heterocycles. The number of benzene rings is 1. The second-order valence-electron chi connectivity index (χ2n) is 6.12. The molecule has 0 aliphatic heterocycles. The van der Waals surface area contributed by atoms with Crippen LogP contribution in [0.15, 0.2) is 40.2 Å². The molecule has 9 nitrogen and oxygen atoms in total. The van der Waals surface area contributed by atoms with Gasteiger partial charge in [0.05, 0.1) is 18.6 Å². The van der Waals surface area contributed by atoms with Crippen LogP contribution in [-0.4, -0.2) is 31.2 Å². The van der Waals surface area contributed by atoms with E-state index in [4.69, 9.17) is 4.74 Å². The lowest BCUT2D eigenvalue weighted by molar-refractivity contribution is -0.118. The van der Waals surface area contributed by atoms with Gasteiger partial charge >= 0.3 is 5.69 Å². The zero-order chi connectivity index (χ0) is 19.7. The van der Waals surface area contributed by atoms with Crippen LogP contribution in [0, 0.1) is 0 Å². The molecule has 1 atom stereocenters. The predicted octanol–water partition coefficient (Wildman–Crippen LogP) is 1.03. The zero-order valence-electron chi connectivity index (χ0n) is 15.6. The summed E-state index contributed by atoms with van der Waals surface area (Å²) in [6, 6.07) is 6.39. The summed E-state index contributed by atoms with van der Waals surface area (Å²) >= 11 is 0. The number of ether oxygens (including phenoxy) is 1. The average molecular weight is 371 g/mol. The molecular formula is C18H21N5O4. The standard InChI is InChI=1S/C18H21N5O4/c1-5-27-13-9-7-6-8-12(13)20-16(24)11(2)23-10-19-15-14(23)17(25)22(4)18(26)21(15)3/h6-11H,5H2,1-4H3,(H,20,24)/t11-/m1/s1. The van der Waals surface area contributed by atoms with E-state index >= 15 is 0 Å². The van der Waals surface area contributed by atoms with Gasteiger partial charge in [-0.25, -0.2) is 9.78 Å². The van der Waals surface area contributed by atoms with Crippen molar-refractivity contribution in [1.82, 2.24) is 18.7 Å². The van der Waals surface area contributed by atoms with E-state index in [1.165, 1.54) is 29.6 Å². The number of carbonyl (C=O) groups excluding carboxylic acids is 1. The lowest BCUT2D eigenvalue weighted by Gasteiger charge is -2.16. The van der Waals surface area contributed by atoms with Gasteiger partial charge in [-0.05, 0) is 26.0 Å². The van der Waals surface area contributed by atoms with E-state index in [1.807, 2.05) is 13.0 Å². The Morgan fingerprint density at radius 3 is 2.63 bits per heavy atom. The molecule has 1 N–H and O–H groups in total. The number of aryl methyl sites for hydroxylation is 1. The van der Waals surface area contributed by atoms with Crippen molar-refractivity contribution >= 4 is 22.8 Å². The quantitative estimate of drug-likeness (QED) is 0.722. The van der Waals surface area contributed by atoms with Gasteiger partial charge in [-0.1, -0.05) is 12.1 Å². The molecule has 0 radical (unpaired) electrons. The molecule has 0 fully saturated rings. The summed E-state index contributed by atoms with van der Waals surface area (Å²) < 4.78 is 9.26. The topological polar surface area (TPSA) is 100 Å². The number of rotatable bonds is 5. The van der Waals surface area contributed by atoms with E-state index in [1.54, 1.807) is 25.1 Å². The van der Waals surface area contributed by atoms with Crippen LogP contribution in [-0.2, 0) is 18.9 Å². The largest absolute Gasteiger partial charge is 0.492 e. The molecule has 27 heavy (non-hydrogen) atoms. The third-order valence-corrected chi connectivity index (χ3v) is 4.41. The Morgan fingerprint density at radius 1 is 1.22 bits per heavy atom. The van der Waals surface area contributed by atoms with Crippen molar-refractivity contribution in [3.05, 3.63) is 51.4 Å². The molecule has 0 aliphatic carbocycles. The molecule has 1 aromatic carbocycles. The number of aromatic nitrogens is 4. The Balaban J connectivity index is 2.00. The molecular weight excluding hydrogens is 350 g/mol. The van der Waals surface area contributed by atoms with Gasteiger partial charge in [-0.15, -0.1) is 0 Å². The summed E-state index contributed by atoms with van der Waals surface area (Å²) in [5.41, 5.74) is -0.000744. The van der Waals surface area contributed by atoms with E-state index in [0.29, 0.717) is 18.0 Å². The maximum absolute atomic E-state index is 12.8. The van der Waals surface area contributed by atoms with Crippen LogP contribution in [0.2, 0.25) is 0 Å². The van der Waals surface area contributed by atoms with E-state index in [9.17, 15) is 14.4 Å². The van der Waals surface area contributed by atoms with Crippen LogP contribution in [0.1, 0.15) is 19.9 Å². The average Bonchev–Trinajstić information content (AvgIpc) is 3.11. The minimum absolute atomic E-state index is 0.195. The monoisotopic (exact) mass is 371 g/mol. The molecule has 2 aromatic heterocycles. The van der Waals surface area contributed by atoms with Crippen LogP contribution >= 0.6 is 0 Å². The molecule has 0 bridgehead atoms.